The summed E-state index contributed by atoms with van der Waals surface area (Å²) in [5.74, 6) is -0.0376. The summed E-state index contributed by atoms with van der Waals surface area (Å²) in [7, 11) is -6.12. The van der Waals surface area contributed by atoms with E-state index < -0.39 is 24.6 Å². The van der Waals surface area contributed by atoms with E-state index in [0.717, 1.165) is 0 Å². The van der Waals surface area contributed by atoms with E-state index in [0.29, 0.717) is 13.0 Å². The molecule has 6 nitrogen and oxygen atoms in total. The number of hydrogen-bond acceptors (Lipinski definition) is 6. The van der Waals surface area contributed by atoms with Gasteiger partial charge in [-0.2, -0.15) is 0 Å². The van der Waals surface area contributed by atoms with Crippen LogP contribution in [0.3, 0.4) is 0 Å². The average molecular weight is 274 g/mol. The average Bonchev–Trinajstić information content (AvgIpc) is 2.16. The van der Waals surface area contributed by atoms with E-state index >= 15 is 0 Å². The minimum Gasteiger partial charge on any atom is -0.309 e. The Morgan fingerprint density at radius 1 is 1.50 bits per heavy atom. The molecule has 1 saturated heterocycles. The first kappa shape index (κ1) is 14.4. The lowest BCUT2D eigenvalue weighted by atomic mass is 10.3. The van der Waals surface area contributed by atoms with Gasteiger partial charge < -0.3 is 18.2 Å². The molecule has 1 aliphatic rings. The third-order valence-electron chi connectivity index (χ3n) is 2.14. The van der Waals surface area contributed by atoms with E-state index in [1.807, 2.05) is 0 Å². The summed E-state index contributed by atoms with van der Waals surface area (Å²) >= 11 is 0. The first-order valence-corrected chi connectivity index (χ1v) is 8.60. The first-order chi connectivity index (χ1) is 7.41. The van der Waals surface area contributed by atoms with Crippen molar-refractivity contribution in [1.82, 2.24) is 0 Å². The van der Waals surface area contributed by atoms with Gasteiger partial charge in [0.1, 0.15) is 0 Å². The van der Waals surface area contributed by atoms with Crippen LogP contribution in [0, 0.1) is 0 Å². The van der Waals surface area contributed by atoms with E-state index in [4.69, 9.17) is 13.2 Å². The monoisotopic (exact) mass is 274 g/mol. The first-order valence-electron chi connectivity index (χ1n) is 5.23. The summed E-state index contributed by atoms with van der Waals surface area (Å²) in [4.78, 5) is 0. The number of hydrogen-bond donors (Lipinski definition) is 2. The van der Waals surface area contributed by atoms with Crippen LogP contribution in [0.1, 0.15) is 20.3 Å². The van der Waals surface area contributed by atoms with Crippen molar-refractivity contribution in [2.24, 2.45) is 0 Å². The van der Waals surface area contributed by atoms with Crippen LogP contribution in [0.4, 0.5) is 0 Å². The van der Waals surface area contributed by atoms with E-state index in [1.165, 1.54) is 0 Å². The van der Waals surface area contributed by atoms with Gasteiger partial charge in [-0.3, -0.25) is 8.75 Å². The Hall–Kier alpha value is 0.380. The van der Waals surface area contributed by atoms with Gasteiger partial charge >= 0.3 is 7.60 Å². The molecule has 0 amide bonds. The molecule has 8 heteroatoms. The minimum absolute atomic E-state index is 0.0376. The summed E-state index contributed by atoms with van der Waals surface area (Å²) in [6.07, 6.45) is 0.292. The molecule has 98 valence electrons. The lowest BCUT2D eigenvalue weighted by Gasteiger charge is -2.36. The fraction of sp³-hybridized carbons (Fsp3) is 1.00. The summed E-state index contributed by atoms with van der Waals surface area (Å²) in [6.45, 7) is 3.96. The zero-order chi connectivity index (χ0) is 12.2. The molecule has 0 spiro atoms. The van der Waals surface area contributed by atoms with Crippen molar-refractivity contribution in [3.63, 3.8) is 0 Å². The largest absolute Gasteiger partial charge is 0.330 e. The van der Waals surface area contributed by atoms with Crippen LogP contribution < -0.4 is 0 Å². The molecule has 0 saturated carbocycles. The van der Waals surface area contributed by atoms with Crippen LogP contribution in [0.2, 0.25) is 0 Å². The van der Waals surface area contributed by atoms with Crippen molar-refractivity contribution in [2.45, 2.75) is 26.4 Å². The van der Waals surface area contributed by atoms with Crippen LogP contribution >= 0.6 is 18.5 Å². The van der Waals surface area contributed by atoms with Gasteiger partial charge in [-0.05, 0) is 13.3 Å². The van der Waals surface area contributed by atoms with Crippen molar-refractivity contribution in [3.8, 4) is 0 Å². The Morgan fingerprint density at radius 3 is 2.69 bits per heavy atom. The maximum atomic E-state index is 12.0. The summed E-state index contributed by atoms with van der Waals surface area (Å²) in [5.41, 5.74) is 0. The molecular weight excluding hydrogens is 255 g/mol. The highest BCUT2D eigenvalue weighted by atomic mass is 32.3. The van der Waals surface area contributed by atoms with Gasteiger partial charge in [0.25, 0.3) is 0 Å². The standard InChI is InChI=1S/C8H19O6PS/c1-3-12-15(9,4-2)14-8-5-6-13-16(10,11)7-8/h8,10-11H,3-7H2,1-2H3. The second-order valence-corrected chi connectivity index (χ2v) is 7.56. The summed E-state index contributed by atoms with van der Waals surface area (Å²) < 4.78 is 46.0. The van der Waals surface area contributed by atoms with Crippen molar-refractivity contribution < 1.29 is 26.9 Å². The van der Waals surface area contributed by atoms with Gasteiger partial charge in [-0.15, -0.1) is 0 Å². The summed E-state index contributed by atoms with van der Waals surface area (Å²) in [5, 5.41) is 0. The lowest BCUT2D eigenvalue weighted by molar-refractivity contribution is 0.115. The zero-order valence-corrected chi connectivity index (χ0v) is 11.2. The van der Waals surface area contributed by atoms with E-state index in [-0.39, 0.29) is 18.5 Å². The summed E-state index contributed by atoms with van der Waals surface area (Å²) in [6, 6.07) is 0. The predicted molar refractivity (Wildman–Crippen MR) is 62.9 cm³/mol. The Labute approximate surface area is 97.4 Å². The van der Waals surface area contributed by atoms with Crippen molar-refractivity contribution in [1.29, 1.82) is 0 Å². The van der Waals surface area contributed by atoms with Gasteiger partial charge in [0.05, 0.1) is 35.9 Å². The van der Waals surface area contributed by atoms with Crippen molar-refractivity contribution >= 4 is 18.5 Å². The predicted octanol–water partition coefficient (Wildman–Crippen LogP) is 2.71. The van der Waals surface area contributed by atoms with Gasteiger partial charge in [-0.25, -0.2) is 0 Å². The Balaban J connectivity index is 2.55. The molecule has 0 bridgehead atoms. The second kappa shape index (κ2) is 5.82. The maximum absolute atomic E-state index is 12.0. The van der Waals surface area contributed by atoms with Crippen molar-refractivity contribution in [2.75, 3.05) is 25.1 Å². The fourth-order valence-corrected chi connectivity index (χ4v) is 4.09. The molecule has 1 rings (SSSR count). The smallest absolute Gasteiger partial charge is 0.309 e. The third kappa shape index (κ3) is 4.33. The molecule has 0 aliphatic carbocycles. The molecule has 0 aromatic rings. The zero-order valence-electron chi connectivity index (χ0n) is 9.50. The lowest BCUT2D eigenvalue weighted by Crippen LogP contribution is -2.29. The molecule has 0 radical (unpaired) electrons. The highest BCUT2D eigenvalue weighted by Crippen LogP contribution is 2.53. The molecule has 0 aromatic carbocycles. The molecule has 0 aromatic heterocycles. The highest BCUT2D eigenvalue weighted by Gasteiger charge is 2.34. The number of rotatable bonds is 5. The highest BCUT2D eigenvalue weighted by molar-refractivity contribution is 8.20. The third-order valence-corrected chi connectivity index (χ3v) is 5.53. The molecule has 2 N–H and O–H groups in total. The van der Waals surface area contributed by atoms with Crippen LogP contribution in [-0.4, -0.2) is 40.3 Å². The van der Waals surface area contributed by atoms with Crippen molar-refractivity contribution in [3.05, 3.63) is 0 Å². The molecule has 2 unspecified atom stereocenters. The minimum atomic E-state index is -3.09. The SMILES string of the molecule is CCOP(=O)(CC)OC1CCOS(O)(O)C1. The fourth-order valence-electron chi connectivity index (χ4n) is 1.39. The van der Waals surface area contributed by atoms with E-state index in [1.54, 1.807) is 13.8 Å². The Bertz CT molecular complexity index is 271. The molecule has 1 aliphatic heterocycles. The van der Waals surface area contributed by atoms with E-state index in [2.05, 4.69) is 0 Å². The van der Waals surface area contributed by atoms with Crippen LogP contribution in [0.5, 0.6) is 0 Å². The van der Waals surface area contributed by atoms with Gasteiger partial charge in [-0.1, -0.05) is 6.92 Å². The van der Waals surface area contributed by atoms with Crippen LogP contribution in [-0.2, 0) is 17.8 Å². The van der Waals surface area contributed by atoms with E-state index in [9.17, 15) is 13.7 Å². The molecule has 16 heavy (non-hydrogen) atoms. The molecular formula is C8H19O6PS. The molecule has 2 atom stereocenters. The van der Waals surface area contributed by atoms with Crippen LogP contribution in [0.15, 0.2) is 0 Å². The molecule has 1 fully saturated rings. The molecule has 1 heterocycles. The Morgan fingerprint density at radius 2 is 2.19 bits per heavy atom. The maximum Gasteiger partial charge on any atom is 0.330 e. The normalized spacial score (nSPS) is 30.6. The van der Waals surface area contributed by atoms with Gasteiger partial charge in [0.15, 0.2) is 0 Å². The Kier molecular flexibility index (Phi) is 5.25. The topological polar surface area (TPSA) is 85.2 Å². The van der Waals surface area contributed by atoms with Gasteiger partial charge in [0.2, 0.25) is 0 Å². The van der Waals surface area contributed by atoms with Crippen LogP contribution in [0.25, 0.3) is 0 Å². The second-order valence-electron chi connectivity index (χ2n) is 3.46. The van der Waals surface area contributed by atoms with Gasteiger partial charge in [0, 0.05) is 6.16 Å². The quantitative estimate of drug-likeness (QED) is 0.750.